The normalized spacial score (nSPS) is 15.4. The molecule has 1 aliphatic rings. The lowest BCUT2D eigenvalue weighted by Crippen LogP contribution is -2.32. The van der Waals surface area contributed by atoms with Gasteiger partial charge in [0.25, 0.3) is 0 Å². The highest BCUT2D eigenvalue weighted by Crippen LogP contribution is 2.36. The number of nitrogens with one attached hydrogen (secondary N) is 1. The Morgan fingerprint density at radius 3 is 2.33 bits per heavy atom. The third kappa shape index (κ3) is 3.90. The number of hydrogen-bond donors (Lipinski definition) is 1. The number of halogens is 4. The van der Waals surface area contributed by atoms with Crippen LogP contribution >= 0.6 is 11.6 Å². The van der Waals surface area contributed by atoms with Gasteiger partial charge in [0.15, 0.2) is 0 Å². The molecule has 0 aliphatic carbocycles. The number of piperidine rings is 1. The maximum absolute atomic E-state index is 13.3. The first-order valence-electron chi connectivity index (χ1n) is 7.65. The van der Waals surface area contributed by atoms with Gasteiger partial charge in [-0.3, -0.25) is 0 Å². The summed E-state index contributed by atoms with van der Waals surface area (Å²) >= 11 is 5.82. The van der Waals surface area contributed by atoms with E-state index in [9.17, 15) is 13.2 Å². The van der Waals surface area contributed by atoms with Gasteiger partial charge in [-0.25, -0.2) is 4.98 Å². The topological polar surface area (TPSA) is 41.1 Å². The summed E-state index contributed by atoms with van der Waals surface area (Å²) in [7, 11) is 0. The van der Waals surface area contributed by atoms with Crippen LogP contribution in [0.2, 0.25) is 5.02 Å². The summed E-state index contributed by atoms with van der Waals surface area (Å²) < 4.78 is 39.8. The van der Waals surface area contributed by atoms with Crippen LogP contribution in [-0.4, -0.2) is 23.1 Å². The second-order valence-electron chi connectivity index (χ2n) is 5.61. The van der Waals surface area contributed by atoms with Gasteiger partial charge in [-0.05, 0) is 43.5 Å². The number of anilines is 3. The molecule has 0 atom stereocenters. The van der Waals surface area contributed by atoms with Gasteiger partial charge in [0.2, 0.25) is 5.95 Å². The third-order valence-electron chi connectivity index (χ3n) is 3.83. The number of rotatable bonds is 3. The van der Waals surface area contributed by atoms with Crippen molar-refractivity contribution in [2.75, 3.05) is 23.3 Å². The number of benzene rings is 1. The van der Waals surface area contributed by atoms with Gasteiger partial charge in [0.1, 0.15) is 11.4 Å². The lowest BCUT2D eigenvalue weighted by molar-refractivity contribution is -0.137. The van der Waals surface area contributed by atoms with Crippen molar-refractivity contribution in [3.63, 3.8) is 0 Å². The minimum Gasteiger partial charge on any atom is -0.356 e. The fourth-order valence-corrected chi connectivity index (χ4v) is 2.77. The number of aromatic nitrogens is 2. The van der Waals surface area contributed by atoms with Gasteiger partial charge in [0, 0.05) is 30.0 Å². The SMILES string of the molecule is FC(F)(F)c1cnc(Nc2ccc(Cl)cc2)nc1N1CCCCC1. The van der Waals surface area contributed by atoms with Gasteiger partial charge in [-0.15, -0.1) is 0 Å². The molecule has 1 fully saturated rings. The predicted molar refractivity (Wildman–Crippen MR) is 87.8 cm³/mol. The van der Waals surface area contributed by atoms with Crippen molar-refractivity contribution in [3.8, 4) is 0 Å². The summed E-state index contributed by atoms with van der Waals surface area (Å²) in [6.45, 7) is 1.14. The lowest BCUT2D eigenvalue weighted by Gasteiger charge is -2.29. The first kappa shape index (κ1) is 16.8. The Balaban J connectivity index is 1.92. The van der Waals surface area contributed by atoms with Gasteiger partial charge >= 0.3 is 6.18 Å². The van der Waals surface area contributed by atoms with Crippen LogP contribution in [0.5, 0.6) is 0 Å². The van der Waals surface area contributed by atoms with Crippen LogP contribution in [0.15, 0.2) is 30.5 Å². The molecule has 1 N–H and O–H groups in total. The molecule has 0 radical (unpaired) electrons. The Bertz CT molecular complexity index is 697. The van der Waals surface area contributed by atoms with Crippen LogP contribution in [0.25, 0.3) is 0 Å². The van der Waals surface area contributed by atoms with E-state index < -0.39 is 11.7 Å². The standard InChI is InChI=1S/C16H16ClF3N4/c17-11-4-6-12(7-5-11)22-15-21-10-13(16(18,19)20)14(23-15)24-8-2-1-3-9-24/h4-7,10H,1-3,8-9H2,(H,21,22,23). The fourth-order valence-electron chi connectivity index (χ4n) is 2.64. The Morgan fingerprint density at radius 1 is 1.04 bits per heavy atom. The molecule has 0 unspecified atom stereocenters. The molecule has 1 saturated heterocycles. The molecule has 0 amide bonds. The number of hydrogen-bond acceptors (Lipinski definition) is 4. The maximum Gasteiger partial charge on any atom is 0.421 e. The van der Waals surface area contributed by atoms with E-state index >= 15 is 0 Å². The van der Waals surface area contributed by atoms with Crippen LogP contribution in [-0.2, 0) is 6.18 Å². The van der Waals surface area contributed by atoms with E-state index in [1.54, 1.807) is 29.2 Å². The first-order chi connectivity index (χ1) is 11.4. The van der Waals surface area contributed by atoms with Gasteiger partial charge in [-0.1, -0.05) is 11.6 Å². The Kier molecular flexibility index (Phi) is 4.80. The Labute approximate surface area is 142 Å². The molecule has 0 spiro atoms. The third-order valence-corrected chi connectivity index (χ3v) is 4.08. The average molecular weight is 357 g/mol. The quantitative estimate of drug-likeness (QED) is 0.850. The molecule has 128 valence electrons. The number of alkyl halides is 3. The zero-order valence-corrected chi connectivity index (χ0v) is 13.5. The molecule has 8 heteroatoms. The molecule has 3 rings (SSSR count). The Morgan fingerprint density at radius 2 is 1.71 bits per heavy atom. The summed E-state index contributed by atoms with van der Waals surface area (Å²) in [6.07, 6.45) is -0.887. The summed E-state index contributed by atoms with van der Waals surface area (Å²) in [5.74, 6) is 0.0690. The highest BCUT2D eigenvalue weighted by atomic mass is 35.5. The fraction of sp³-hybridized carbons (Fsp3) is 0.375. The summed E-state index contributed by atoms with van der Waals surface area (Å²) in [5.41, 5.74) is -0.144. The van der Waals surface area contributed by atoms with E-state index in [2.05, 4.69) is 15.3 Å². The van der Waals surface area contributed by atoms with E-state index in [0.29, 0.717) is 23.8 Å². The van der Waals surface area contributed by atoms with Gasteiger partial charge < -0.3 is 10.2 Å². The molecule has 1 aromatic heterocycles. The van der Waals surface area contributed by atoms with Crippen molar-refractivity contribution < 1.29 is 13.2 Å². The highest BCUT2D eigenvalue weighted by Gasteiger charge is 2.37. The van der Waals surface area contributed by atoms with E-state index in [1.165, 1.54) is 0 Å². The van der Waals surface area contributed by atoms with E-state index in [0.717, 1.165) is 25.5 Å². The predicted octanol–water partition coefficient (Wildman–Crippen LogP) is 4.88. The second kappa shape index (κ2) is 6.84. The van der Waals surface area contributed by atoms with Crippen LogP contribution in [0.3, 0.4) is 0 Å². The zero-order valence-electron chi connectivity index (χ0n) is 12.8. The van der Waals surface area contributed by atoms with Gasteiger partial charge in [-0.2, -0.15) is 18.2 Å². The zero-order chi connectivity index (χ0) is 17.2. The maximum atomic E-state index is 13.3. The van der Waals surface area contributed by atoms with E-state index in [4.69, 9.17) is 11.6 Å². The van der Waals surface area contributed by atoms with Crippen LogP contribution in [0, 0.1) is 0 Å². The van der Waals surface area contributed by atoms with Crippen molar-refractivity contribution in [1.29, 1.82) is 0 Å². The van der Waals surface area contributed by atoms with Crippen molar-refractivity contribution in [2.45, 2.75) is 25.4 Å². The minimum atomic E-state index is -4.48. The molecule has 0 bridgehead atoms. The van der Waals surface area contributed by atoms with E-state index in [1.807, 2.05) is 0 Å². The smallest absolute Gasteiger partial charge is 0.356 e. The summed E-state index contributed by atoms with van der Waals surface area (Å²) in [6, 6.07) is 6.78. The van der Waals surface area contributed by atoms with Crippen molar-refractivity contribution >= 4 is 29.1 Å². The van der Waals surface area contributed by atoms with Crippen molar-refractivity contribution in [3.05, 3.63) is 41.0 Å². The molecule has 1 aliphatic heterocycles. The minimum absolute atomic E-state index is 0.0614. The largest absolute Gasteiger partial charge is 0.421 e. The molecule has 2 heterocycles. The summed E-state index contributed by atoms with van der Waals surface area (Å²) in [4.78, 5) is 9.63. The molecule has 4 nitrogen and oxygen atoms in total. The first-order valence-corrected chi connectivity index (χ1v) is 8.03. The molecule has 1 aromatic carbocycles. The van der Waals surface area contributed by atoms with E-state index in [-0.39, 0.29) is 11.8 Å². The second-order valence-corrected chi connectivity index (χ2v) is 6.04. The monoisotopic (exact) mass is 356 g/mol. The lowest BCUT2D eigenvalue weighted by atomic mass is 10.1. The molecule has 2 aromatic rings. The van der Waals surface area contributed by atoms with Gasteiger partial charge in [0.05, 0.1) is 0 Å². The van der Waals surface area contributed by atoms with Crippen LogP contribution in [0.4, 0.5) is 30.6 Å². The highest BCUT2D eigenvalue weighted by molar-refractivity contribution is 6.30. The van der Waals surface area contributed by atoms with Crippen molar-refractivity contribution in [1.82, 2.24) is 9.97 Å². The summed E-state index contributed by atoms with van der Waals surface area (Å²) in [5, 5.41) is 3.49. The average Bonchev–Trinajstić information content (AvgIpc) is 2.57. The molecule has 24 heavy (non-hydrogen) atoms. The van der Waals surface area contributed by atoms with Crippen LogP contribution in [0.1, 0.15) is 24.8 Å². The molecule has 0 saturated carbocycles. The molecular formula is C16H16ClF3N4. The number of nitrogens with zero attached hydrogens (tertiary/aromatic N) is 3. The van der Waals surface area contributed by atoms with Crippen LogP contribution < -0.4 is 10.2 Å². The Hall–Kier alpha value is -2.02. The van der Waals surface area contributed by atoms with Crippen molar-refractivity contribution in [2.24, 2.45) is 0 Å². The molecular weight excluding hydrogens is 341 g/mol.